The molecular weight excluding hydrogens is 323 g/mol. The SMILES string of the molecule is COc1ccc(F)cc1/C=C1/N=C(CCOc2ccccc2)NC1=O. The third-order valence-corrected chi connectivity index (χ3v) is 3.58. The number of para-hydroxylation sites is 1. The van der Waals surface area contributed by atoms with Crippen LogP contribution in [-0.4, -0.2) is 25.5 Å². The third-order valence-electron chi connectivity index (χ3n) is 3.58. The first-order valence-corrected chi connectivity index (χ1v) is 7.78. The van der Waals surface area contributed by atoms with Crippen LogP contribution in [0.2, 0.25) is 0 Å². The minimum absolute atomic E-state index is 0.207. The van der Waals surface area contributed by atoms with Crippen molar-refractivity contribution in [3.63, 3.8) is 0 Å². The molecule has 1 heterocycles. The van der Waals surface area contributed by atoms with Crippen LogP contribution in [0.1, 0.15) is 12.0 Å². The second-order valence-corrected chi connectivity index (χ2v) is 5.34. The minimum atomic E-state index is -0.411. The maximum atomic E-state index is 13.4. The molecule has 25 heavy (non-hydrogen) atoms. The van der Waals surface area contributed by atoms with E-state index in [1.807, 2.05) is 30.3 Å². The maximum absolute atomic E-state index is 13.4. The van der Waals surface area contributed by atoms with Gasteiger partial charge in [0.25, 0.3) is 5.91 Å². The van der Waals surface area contributed by atoms with Gasteiger partial charge in [-0.25, -0.2) is 9.38 Å². The molecule has 0 saturated carbocycles. The van der Waals surface area contributed by atoms with Crippen LogP contribution in [0, 0.1) is 5.82 Å². The molecule has 1 aliphatic rings. The van der Waals surface area contributed by atoms with Crippen LogP contribution in [-0.2, 0) is 4.79 Å². The molecule has 0 bridgehead atoms. The minimum Gasteiger partial charge on any atom is -0.496 e. The monoisotopic (exact) mass is 340 g/mol. The topological polar surface area (TPSA) is 59.9 Å². The highest BCUT2D eigenvalue weighted by molar-refractivity contribution is 6.14. The van der Waals surface area contributed by atoms with Crippen molar-refractivity contribution in [1.82, 2.24) is 5.32 Å². The second kappa shape index (κ2) is 7.61. The smallest absolute Gasteiger partial charge is 0.275 e. The van der Waals surface area contributed by atoms with Gasteiger partial charge < -0.3 is 14.8 Å². The number of hydrogen-bond acceptors (Lipinski definition) is 4. The van der Waals surface area contributed by atoms with Gasteiger partial charge in [-0.2, -0.15) is 0 Å². The van der Waals surface area contributed by atoms with Crippen LogP contribution in [0.15, 0.2) is 59.2 Å². The molecular formula is C19H17FN2O3. The molecule has 0 radical (unpaired) electrons. The number of amidine groups is 1. The average molecular weight is 340 g/mol. The Balaban J connectivity index is 1.69. The van der Waals surface area contributed by atoms with Gasteiger partial charge >= 0.3 is 0 Å². The van der Waals surface area contributed by atoms with E-state index in [1.54, 1.807) is 0 Å². The fraction of sp³-hybridized carbons (Fsp3) is 0.158. The number of halogens is 1. The zero-order chi connectivity index (χ0) is 17.6. The molecule has 0 saturated heterocycles. The van der Waals surface area contributed by atoms with Crippen molar-refractivity contribution < 1.29 is 18.7 Å². The summed E-state index contributed by atoms with van der Waals surface area (Å²) in [6, 6.07) is 13.5. The van der Waals surface area contributed by atoms with Gasteiger partial charge in [0, 0.05) is 12.0 Å². The van der Waals surface area contributed by atoms with Crippen molar-refractivity contribution in [3.05, 3.63) is 65.6 Å². The van der Waals surface area contributed by atoms with E-state index < -0.39 is 5.82 Å². The molecule has 5 nitrogen and oxygen atoms in total. The van der Waals surface area contributed by atoms with Gasteiger partial charge in [0.05, 0.1) is 13.7 Å². The summed E-state index contributed by atoms with van der Waals surface area (Å²) in [5.74, 6) is 1.00. The molecule has 3 rings (SSSR count). The Labute approximate surface area is 144 Å². The maximum Gasteiger partial charge on any atom is 0.275 e. The molecule has 1 aliphatic heterocycles. The van der Waals surface area contributed by atoms with Crippen LogP contribution in [0.3, 0.4) is 0 Å². The summed E-state index contributed by atoms with van der Waals surface area (Å²) >= 11 is 0. The Morgan fingerprint density at radius 2 is 2.00 bits per heavy atom. The van der Waals surface area contributed by atoms with Gasteiger partial charge in [0.1, 0.15) is 28.8 Å². The normalized spacial score (nSPS) is 15.0. The van der Waals surface area contributed by atoms with Crippen molar-refractivity contribution in [2.75, 3.05) is 13.7 Å². The van der Waals surface area contributed by atoms with Crippen LogP contribution in [0.5, 0.6) is 11.5 Å². The fourth-order valence-electron chi connectivity index (χ4n) is 2.38. The average Bonchev–Trinajstić information content (AvgIpc) is 2.96. The summed E-state index contributed by atoms with van der Waals surface area (Å²) in [5, 5.41) is 2.69. The number of rotatable bonds is 6. The summed E-state index contributed by atoms with van der Waals surface area (Å²) in [7, 11) is 1.49. The van der Waals surface area contributed by atoms with Gasteiger partial charge in [-0.05, 0) is 36.4 Å². The van der Waals surface area contributed by atoms with Gasteiger partial charge in [0.2, 0.25) is 0 Å². The third kappa shape index (κ3) is 4.23. The molecule has 128 valence electrons. The first-order chi connectivity index (χ1) is 12.2. The number of hydrogen-bond donors (Lipinski definition) is 1. The molecule has 1 amide bonds. The number of carbonyl (C=O) groups is 1. The first kappa shape index (κ1) is 16.7. The van der Waals surface area contributed by atoms with Crippen molar-refractivity contribution >= 4 is 17.8 Å². The van der Waals surface area contributed by atoms with Crippen LogP contribution >= 0.6 is 0 Å². The molecule has 0 fully saturated rings. The van der Waals surface area contributed by atoms with E-state index in [2.05, 4.69) is 10.3 Å². The van der Waals surface area contributed by atoms with E-state index in [0.29, 0.717) is 30.2 Å². The summed E-state index contributed by atoms with van der Waals surface area (Å²) in [6.45, 7) is 0.389. The number of benzene rings is 2. The molecule has 1 N–H and O–H groups in total. The van der Waals surface area contributed by atoms with Crippen molar-refractivity contribution in [1.29, 1.82) is 0 Å². The second-order valence-electron chi connectivity index (χ2n) is 5.34. The molecule has 0 unspecified atom stereocenters. The van der Waals surface area contributed by atoms with E-state index in [9.17, 15) is 9.18 Å². The highest BCUT2D eigenvalue weighted by Gasteiger charge is 2.20. The zero-order valence-corrected chi connectivity index (χ0v) is 13.7. The van der Waals surface area contributed by atoms with E-state index in [4.69, 9.17) is 9.47 Å². The standard InChI is InChI=1S/C19H17FN2O3/c1-24-17-8-7-14(20)11-13(17)12-16-19(23)22-18(21-16)9-10-25-15-5-3-2-4-6-15/h2-8,11-12H,9-10H2,1H3,(H,21,22,23)/b16-12+. The molecule has 2 aromatic rings. The van der Waals surface area contributed by atoms with E-state index in [-0.39, 0.29) is 11.6 Å². The predicted molar refractivity (Wildman–Crippen MR) is 93.1 cm³/mol. The van der Waals surface area contributed by atoms with Gasteiger partial charge in [-0.1, -0.05) is 18.2 Å². The van der Waals surface area contributed by atoms with Gasteiger partial charge in [-0.3, -0.25) is 4.79 Å². The number of carbonyl (C=O) groups excluding carboxylic acids is 1. The summed E-state index contributed by atoms with van der Waals surface area (Å²) in [5.41, 5.74) is 0.664. The highest BCUT2D eigenvalue weighted by atomic mass is 19.1. The number of aliphatic imine (C=N–C) groups is 1. The van der Waals surface area contributed by atoms with Crippen molar-refractivity contribution in [2.45, 2.75) is 6.42 Å². The molecule has 2 aromatic carbocycles. The highest BCUT2D eigenvalue weighted by Crippen LogP contribution is 2.23. The number of methoxy groups -OCH3 is 1. The van der Waals surface area contributed by atoms with E-state index in [0.717, 1.165) is 5.75 Å². The molecule has 0 spiro atoms. The van der Waals surface area contributed by atoms with Crippen LogP contribution < -0.4 is 14.8 Å². The molecule has 6 heteroatoms. The van der Waals surface area contributed by atoms with Gasteiger partial charge in [0.15, 0.2) is 0 Å². The van der Waals surface area contributed by atoms with Gasteiger partial charge in [-0.15, -0.1) is 0 Å². The lowest BCUT2D eigenvalue weighted by Crippen LogP contribution is -2.25. The fourth-order valence-corrected chi connectivity index (χ4v) is 2.38. The van der Waals surface area contributed by atoms with E-state index in [1.165, 1.54) is 31.4 Å². The summed E-state index contributed by atoms with van der Waals surface area (Å²) in [6.07, 6.45) is 1.96. The Morgan fingerprint density at radius 3 is 2.76 bits per heavy atom. The Hall–Kier alpha value is -3.15. The summed E-state index contributed by atoms with van der Waals surface area (Å²) < 4.78 is 24.2. The quantitative estimate of drug-likeness (QED) is 0.822. The molecule has 0 atom stereocenters. The lowest BCUT2D eigenvalue weighted by molar-refractivity contribution is -0.115. The Bertz CT molecular complexity index is 832. The number of amides is 1. The Kier molecular flexibility index (Phi) is 5.09. The van der Waals surface area contributed by atoms with Crippen molar-refractivity contribution in [2.24, 2.45) is 4.99 Å². The predicted octanol–water partition coefficient (Wildman–Crippen LogP) is 3.17. The number of ether oxygens (including phenoxy) is 2. The van der Waals surface area contributed by atoms with E-state index >= 15 is 0 Å². The number of nitrogens with one attached hydrogen (secondary N) is 1. The van der Waals surface area contributed by atoms with Crippen LogP contribution in [0.25, 0.3) is 6.08 Å². The lowest BCUT2D eigenvalue weighted by Gasteiger charge is -2.05. The van der Waals surface area contributed by atoms with Crippen LogP contribution in [0.4, 0.5) is 4.39 Å². The Morgan fingerprint density at radius 1 is 1.20 bits per heavy atom. The molecule has 0 aromatic heterocycles. The molecule has 0 aliphatic carbocycles. The van der Waals surface area contributed by atoms with Crippen molar-refractivity contribution in [3.8, 4) is 11.5 Å². The number of nitrogens with zero attached hydrogens (tertiary/aromatic N) is 1. The largest absolute Gasteiger partial charge is 0.496 e. The lowest BCUT2D eigenvalue weighted by atomic mass is 10.1. The summed E-state index contributed by atoms with van der Waals surface area (Å²) in [4.78, 5) is 16.3. The first-order valence-electron chi connectivity index (χ1n) is 7.78. The zero-order valence-electron chi connectivity index (χ0n) is 13.7.